The second-order valence-electron chi connectivity index (χ2n) is 3.73. The Hall–Kier alpha value is -0.790. The first-order valence-corrected chi connectivity index (χ1v) is 4.84. The molecule has 2 rings (SSSR count). The molecule has 1 aliphatic carbocycles. The Labute approximate surface area is 73.0 Å². The molecule has 2 heteroatoms. The van der Waals surface area contributed by atoms with Gasteiger partial charge >= 0.3 is 0 Å². The van der Waals surface area contributed by atoms with E-state index in [4.69, 9.17) is 0 Å². The fourth-order valence-corrected chi connectivity index (χ4v) is 1.56. The number of allylic oxidation sites excluding steroid dienone is 2. The van der Waals surface area contributed by atoms with E-state index < -0.39 is 0 Å². The van der Waals surface area contributed by atoms with Gasteiger partial charge in [-0.2, -0.15) is 0 Å². The summed E-state index contributed by atoms with van der Waals surface area (Å²) in [6.07, 6.45) is 7.60. The zero-order chi connectivity index (χ0) is 8.39. The molecule has 1 saturated carbocycles. The summed E-state index contributed by atoms with van der Waals surface area (Å²) >= 11 is 0. The Balaban J connectivity index is 1.91. The van der Waals surface area contributed by atoms with Gasteiger partial charge in [0.25, 0.3) is 0 Å². The molecule has 1 saturated heterocycles. The van der Waals surface area contributed by atoms with E-state index in [1.165, 1.54) is 12.8 Å². The van der Waals surface area contributed by atoms with Crippen molar-refractivity contribution in [2.75, 3.05) is 6.54 Å². The van der Waals surface area contributed by atoms with Crippen LogP contribution in [0.4, 0.5) is 0 Å². The van der Waals surface area contributed by atoms with E-state index in [1.807, 2.05) is 6.08 Å². The van der Waals surface area contributed by atoms with Crippen LogP contribution < -0.4 is 5.32 Å². The van der Waals surface area contributed by atoms with E-state index in [1.54, 1.807) is 0 Å². The van der Waals surface area contributed by atoms with Gasteiger partial charge in [-0.15, -0.1) is 0 Å². The Morgan fingerprint density at radius 1 is 1.42 bits per heavy atom. The third kappa shape index (κ3) is 1.87. The van der Waals surface area contributed by atoms with Crippen molar-refractivity contribution >= 4 is 5.78 Å². The van der Waals surface area contributed by atoms with E-state index in [0.29, 0.717) is 11.7 Å². The molecular formula is C10H15NO. The van der Waals surface area contributed by atoms with Crippen LogP contribution in [-0.2, 0) is 4.79 Å². The van der Waals surface area contributed by atoms with Crippen molar-refractivity contribution in [2.24, 2.45) is 5.92 Å². The number of nitrogens with one attached hydrogen (secondary N) is 1. The van der Waals surface area contributed by atoms with Gasteiger partial charge in [0.1, 0.15) is 0 Å². The zero-order valence-corrected chi connectivity index (χ0v) is 7.31. The maximum atomic E-state index is 11.4. The molecule has 0 aromatic rings. The third-order valence-electron chi connectivity index (χ3n) is 2.52. The van der Waals surface area contributed by atoms with Gasteiger partial charge in [0.05, 0.1) is 0 Å². The van der Waals surface area contributed by atoms with E-state index >= 15 is 0 Å². The van der Waals surface area contributed by atoms with Gasteiger partial charge in [0.15, 0.2) is 5.78 Å². The summed E-state index contributed by atoms with van der Waals surface area (Å²) in [4.78, 5) is 11.4. The minimum atomic E-state index is 0.347. The molecule has 2 nitrogen and oxygen atoms in total. The lowest BCUT2D eigenvalue weighted by atomic mass is 10.1. The minimum absolute atomic E-state index is 0.347. The highest BCUT2D eigenvalue weighted by Gasteiger charge is 2.28. The molecule has 0 bridgehead atoms. The number of carbonyl (C=O) groups is 1. The smallest absolute Gasteiger partial charge is 0.160 e. The normalized spacial score (nSPS) is 26.8. The molecule has 0 atom stereocenters. The standard InChI is InChI=1S/C10H15NO/c12-10(8-4-5-8)7-9-3-1-2-6-11-9/h7-8,11H,1-6H2/b9-7-. The lowest BCUT2D eigenvalue weighted by Crippen LogP contribution is -2.20. The van der Waals surface area contributed by atoms with Crippen LogP contribution in [0.1, 0.15) is 32.1 Å². The molecule has 2 aliphatic rings. The fraction of sp³-hybridized carbons (Fsp3) is 0.700. The largest absolute Gasteiger partial charge is 0.388 e. The number of carbonyl (C=O) groups excluding carboxylic acids is 1. The van der Waals surface area contributed by atoms with Crippen LogP contribution in [0.3, 0.4) is 0 Å². The summed E-state index contributed by atoms with van der Waals surface area (Å²) < 4.78 is 0. The van der Waals surface area contributed by atoms with Crippen molar-refractivity contribution in [3.63, 3.8) is 0 Å². The van der Waals surface area contributed by atoms with Crippen molar-refractivity contribution in [2.45, 2.75) is 32.1 Å². The molecular weight excluding hydrogens is 150 g/mol. The van der Waals surface area contributed by atoms with Gasteiger partial charge in [-0.05, 0) is 32.1 Å². The zero-order valence-electron chi connectivity index (χ0n) is 7.31. The van der Waals surface area contributed by atoms with E-state index in [9.17, 15) is 4.79 Å². The molecule has 2 fully saturated rings. The van der Waals surface area contributed by atoms with Crippen LogP contribution in [0.25, 0.3) is 0 Å². The number of ketones is 1. The highest BCUT2D eigenvalue weighted by atomic mass is 16.1. The van der Waals surface area contributed by atoms with E-state index in [-0.39, 0.29) is 0 Å². The van der Waals surface area contributed by atoms with Crippen LogP contribution in [0.15, 0.2) is 11.8 Å². The Morgan fingerprint density at radius 3 is 2.83 bits per heavy atom. The van der Waals surface area contributed by atoms with Crippen molar-refractivity contribution in [1.29, 1.82) is 0 Å². The van der Waals surface area contributed by atoms with E-state index in [2.05, 4.69) is 5.32 Å². The summed E-state index contributed by atoms with van der Waals surface area (Å²) in [7, 11) is 0. The van der Waals surface area contributed by atoms with Gasteiger partial charge < -0.3 is 5.32 Å². The molecule has 0 aromatic carbocycles. The number of hydrogen-bond acceptors (Lipinski definition) is 2. The third-order valence-corrected chi connectivity index (χ3v) is 2.52. The molecule has 0 amide bonds. The second kappa shape index (κ2) is 3.30. The maximum Gasteiger partial charge on any atom is 0.160 e. The summed E-state index contributed by atoms with van der Waals surface area (Å²) in [6.45, 7) is 1.05. The minimum Gasteiger partial charge on any atom is -0.388 e. The molecule has 1 N–H and O–H groups in total. The maximum absolute atomic E-state index is 11.4. The predicted molar refractivity (Wildman–Crippen MR) is 47.7 cm³/mol. The summed E-state index contributed by atoms with van der Waals surface area (Å²) in [6, 6.07) is 0. The van der Waals surface area contributed by atoms with Crippen LogP contribution in [0.5, 0.6) is 0 Å². The molecule has 0 spiro atoms. The summed E-state index contributed by atoms with van der Waals surface area (Å²) in [5, 5.41) is 3.27. The number of piperidine rings is 1. The Bertz CT molecular complexity index is 208. The van der Waals surface area contributed by atoms with Crippen LogP contribution in [0, 0.1) is 5.92 Å². The molecule has 12 heavy (non-hydrogen) atoms. The molecule has 66 valence electrons. The second-order valence-corrected chi connectivity index (χ2v) is 3.73. The predicted octanol–water partition coefficient (Wildman–Crippen LogP) is 1.62. The Kier molecular flexibility index (Phi) is 2.15. The number of hydrogen-bond donors (Lipinski definition) is 1. The first-order valence-electron chi connectivity index (χ1n) is 4.84. The van der Waals surface area contributed by atoms with Gasteiger partial charge in [0.2, 0.25) is 0 Å². The summed E-state index contributed by atoms with van der Waals surface area (Å²) in [5.41, 5.74) is 1.16. The number of rotatable bonds is 2. The highest BCUT2D eigenvalue weighted by molar-refractivity contribution is 5.93. The van der Waals surface area contributed by atoms with Crippen LogP contribution in [-0.4, -0.2) is 12.3 Å². The van der Waals surface area contributed by atoms with Crippen molar-refractivity contribution in [1.82, 2.24) is 5.32 Å². The van der Waals surface area contributed by atoms with Gasteiger partial charge in [-0.3, -0.25) is 4.79 Å². The average Bonchev–Trinajstić information content (AvgIpc) is 2.88. The highest BCUT2D eigenvalue weighted by Crippen LogP contribution is 2.30. The van der Waals surface area contributed by atoms with Gasteiger partial charge in [-0.25, -0.2) is 0 Å². The average molecular weight is 165 g/mol. The van der Waals surface area contributed by atoms with Gasteiger partial charge in [0, 0.05) is 24.2 Å². The molecule has 0 radical (unpaired) electrons. The lowest BCUT2D eigenvalue weighted by molar-refractivity contribution is -0.115. The first kappa shape index (κ1) is 7.84. The van der Waals surface area contributed by atoms with Crippen LogP contribution >= 0.6 is 0 Å². The van der Waals surface area contributed by atoms with Crippen molar-refractivity contribution in [3.8, 4) is 0 Å². The molecule has 1 aliphatic heterocycles. The van der Waals surface area contributed by atoms with Crippen molar-refractivity contribution in [3.05, 3.63) is 11.8 Å². The van der Waals surface area contributed by atoms with Crippen LogP contribution in [0.2, 0.25) is 0 Å². The lowest BCUT2D eigenvalue weighted by Gasteiger charge is -2.15. The monoisotopic (exact) mass is 165 g/mol. The Morgan fingerprint density at radius 2 is 2.25 bits per heavy atom. The molecule has 0 unspecified atom stereocenters. The molecule has 0 aromatic heterocycles. The fourth-order valence-electron chi connectivity index (χ4n) is 1.56. The summed E-state index contributed by atoms with van der Waals surface area (Å²) in [5.74, 6) is 0.723. The topological polar surface area (TPSA) is 29.1 Å². The molecule has 1 heterocycles. The first-order chi connectivity index (χ1) is 5.86. The van der Waals surface area contributed by atoms with Crippen molar-refractivity contribution < 1.29 is 4.79 Å². The van der Waals surface area contributed by atoms with E-state index in [0.717, 1.165) is 31.5 Å². The quantitative estimate of drug-likeness (QED) is 0.630. The van der Waals surface area contributed by atoms with Gasteiger partial charge in [-0.1, -0.05) is 0 Å². The SMILES string of the molecule is O=C(/C=C1/CCCCN1)C1CC1.